The summed E-state index contributed by atoms with van der Waals surface area (Å²) in [6.45, 7) is -0.711. The van der Waals surface area contributed by atoms with Crippen LogP contribution in [0, 0.1) is 0 Å². The van der Waals surface area contributed by atoms with Crippen LogP contribution >= 0.6 is 0 Å². The summed E-state index contributed by atoms with van der Waals surface area (Å²) in [6.07, 6.45) is -8.56. The number of nitrogens with zero attached hydrogens (tertiary/aromatic N) is 1. The fourth-order valence-electron chi connectivity index (χ4n) is 1.38. The van der Waals surface area contributed by atoms with Crippen molar-refractivity contribution < 1.29 is 30.4 Å². The van der Waals surface area contributed by atoms with E-state index >= 15 is 0 Å². The van der Waals surface area contributed by atoms with Gasteiger partial charge >= 0.3 is 6.18 Å². The Morgan fingerprint density at radius 2 is 1.84 bits per heavy atom. The molecule has 0 aliphatic rings. The molecule has 1 aromatic heterocycles. The minimum absolute atomic E-state index is 0.486. The van der Waals surface area contributed by atoms with Crippen LogP contribution in [0.15, 0.2) is 11.0 Å². The summed E-state index contributed by atoms with van der Waals surface area (Å²) < 4.78 is 85.2. The molecular weight excluding hydrogens is 297 g/mol. The van der Waals surface area contributed by atoms with E-state index in [0.29, 0.717) is 6.07 Å². The second kappa shape index (κ2) is 4.98. The van der Waals surface area contributed by atoms with Crippen LogP contribution in [0.1, 0.15) is 23.4 Å². The van der Waals surface area contributed by atoms with Crippen LogP contribution in [0.3, 0.4) is 0 Å². The maximum atomic E-state index is 12.7. The lowest BCUT2D eigenvalue weighted by molar-refractivity contribution is -0.144. The highest BCUT2D eigenvalue weighted by atomic mass is 32.2. The molecule has 5 nitrogen and oxygen atoms in total. The minimum atomic E-state index is -5.25. The van der Waals surface area contributed by atoms with Crippen molar-refractivity contribution in [1.82, 2.24) is 4.98 Å². The Balaban J connectivity index is 3.79. The number of aromatic nitrogens is 1. The number of rotatable bonds is 3. The molecule has 1 heterocycles. The molecule has 11 heteroatoms. The van der Waals surface area contributed by atoms with Crippen LogP contribution in [0.2, 0.25) is 0 Å². The quantitative estimate of drug-likeness (QED) is 0.818. The van der Waals surface area contributed by atoms with E-state index in [9.17, 15) is 30.4 Å². The lowest BCUT2D eigenvalue weighted by Crippen LogP contribution is -2.24. The first-order chi connectivity index (χ1) is 8.48. The molecule has 4 N–H and O–H groups in total. The number of nitrogens with two attached hydrogens (primary N) is 2. The molecule has 0 saturated carbocycles. The fraction of sp³-hybridized carbons (Fsp3) is 0.375. The number of halogens is 5. The van der Waals surface area contributed by atoms with Gasteiger partial charge in [0, 0.05) is 6.54 Å². The molecule has 0 aliphatic carbocycles. The van der Waals surface area contributed by atoms with E-state index in [1.165, 1.54) is 0 Å². The molecule has 19 heavy (non-hydrogen) atoms. The van der Waals surface area contributed by atoms with Gasteiger partial charge in [-0.3, -0.25) is 0 Å². The largest absolute Gasteiger partial charge is 0.434 e. The first-order valence-electron chi connectivity index (χ1n) is 4.60. The monoisotopic (exact) mass is 305 g/mol. The zero-order valence-electron chi connectivity index (χ0n) is 9.08. The highest BCUT2D eigenvalue weighted by Gasteiger charge is 2.40. The van der Waals surface area contributed by atoms with Crippen LogP contribution in [0.4, 0.5) is 22.0 Å². The molecule has 0 amide bonds. The summed E-state index contributed by atoms with van der Waals surface area (Å²) in [7, 11) is -4.81. The third-order valence-corrected chi connectivity index (χ3v) is 3.09. The number of primary sulfonamides is 1. The SMILES string of the molecule is NCc1cc(C(F)F)nc(C(F)(F)F)c1S(N)(=O)=O. The van der Waals surface area contributed by atoms with Gasteiger partial charge in [0.2, 0.25) is 10.0 Å². The number of hydrogen-bond donors (Lipinski definition) is 2. The van der Waals surface area contributed by atoms with E-state index in [1.807, 2.05) is 0 Å². The zero-order valence-corrected chi connectivity index (χ0v) is 9.89. The van der Waals surface area contributed by atoms with Gasteiger partial charge in [0.25, 0.3) is 6.43 Å². The van der Waals surface area contributed by atoms with Crippen molar-refractivity contribution in [3.63, 3.8) is 0 Å². The molecular formula is C8H8F5N3O2S. The second-order valence-corrected chi connectivity index (χ2v) is 4.93. The van der Waals surface area contributed by atoms with E-state index in [0.717, 1.165) is 0 Å². The molecule has 0 atom stereocenters. The molecule has 0 unspecified atom stereocenters. The van der Waals surface area contributed by atoms with Gasteiger partial charge in [0.05, 0.1) is 0 Å². The summed E-state index contributed by atoms with van der Waals surface area (Å²) in [4.78, 5) is 1.25. The molecule has 1 rings (SSSR count). The summed E-state index contributed by atoms with van der Waals surface area (Å²) in [5.74, 6) is 0. The van der Waals surface area contributed by atoms with E-state index in [4.69, 9.17) is 5.73 Å². The summed E-state index contributed by atoms with van der Waals surface area (Å²) in [5, 5.41) is 4.65. The van der Waals surface area contributed by atoms with E-state index in [2.05, 4.69) is 10.1 Å². The molecule has 0 spiro atoms. The van der Waals surface area contributed by atoms with Crippen molar-refractivity contribution in [3.05, 3.63) is 23.0 Å². The van der Waals surface area contributed by atoms with Crippen LogP contribution in [0.5, 0.6) is 0 Å². The van der Waals surface area contributed by atoms with Crippen molar-refractivity contribution in [3.8, 4) is 0 Å². The fourth-order valence-corrected chi connectivity index (χ4v) is 2.32. The van der Waals surface area contributed by atoms with Crippen molar-refractivity contribution in [2.75, 3.05) is 0 Å². The molecule has 0 saturated heterocycles. The van der Waals surface area contributed by atoms with Crippen LogP contribution in [-0.2, 0) is 22.7 Å². The molecule has 0 fully saturated rings. The lowest BCUT2D eigenvalue weighted by Gasteiger charge is -2.15. The third kappa shape index (κ3) is 3.36. The van der Waals surface area contributed by atoms with Crippen LogP contribution in [0.25, 0.3) is 0 Å². The maximum Gasteiger partial charge on any atom is 0.434 e. The molecule has 0 aromatic carbocycles. The van der Waals surface area contributed by atoms with Crippen LogP contribution in [-0.4, -0.2) is 13.4 Å². The first kappa shape index (κ1) is 15.7. The Labute approximate surface area is 104 Å². The summed E-state index contributed by atoms with van der Waals surface area (Å²) in [6, 6.07) is 0.486. The lowest BCUT2D eigenvalue weighted by atomic mass is 10.2. The average Bonchev–Trinajstić information content (AvgIpc) is 2.24. The number of alkyl halides is 5. The summed E-state index contributed by atoms with van der Waals surface area (Å²) in [5.41, 5.74) is 1.19. The first-order valence-corrected chi connectivity index (χ1v) is 6.15. The smallest absolute Gasteiger partial charge is 0.326 e. The molecule has 0 bridgehead atoms. The van der Waals surface area contributed by atoms with Gasteiger partial charge in [-0.15, -0.1) is 0 Å². The Kier molecular flexibility index (Phi) is 4.12. The van der Waals surface area contributed by atoms with Gasteiger partial charge in [0.1, 0.15) is 10.6 Å². The van der Waals surface area contributed by atoms with Crippen LogP contribution < -0.4 is 10.9 Å². The number of sulfonamides is 1. The Morgan fingerprint density at radius 3 is 2.16 bits per heavy atom. The van der Waals surface area contributed by atoms with Gasteiger partial charge < -0.3 is 5.73 Å². The highest BCUT2D eigenvalue weighted by molar-refractivity contribution is 7.89. The van der Waals surface area contributed by atoms with Crippen molar-refractivity contribution >= 4 is 10.0 Å². The van der Waals surface area contributed by atoms with Gasteiger partial charge in [-0.2, -0.15) is 13.2 Å². The normalized spacial score (nSPS) is 13.1. The maximum absolute atomic E-state index is 12.7. The third-order valence-electron chi connectivity index (χ3n) is 2.07. The molecule has 108 valence electrons. The Morgan fingerprint density at radius 1 is 1.32 bits per heavy atom. The van der Waals surface area contributed by atoms with Gasteiger partial charge in [-0.05, 0) is 11.6 Å². The Bertz CT molecular complexity index is 585. The summed E-state index contributed by atoms with van der Waals surface area (Å²) >= 11 is 0. The van der Waals surface area contributed by atoms with E-state index in [1.54, 1.807) is 0 Å². The molecule has 0 aliphatic heterocycles. The van der Waals surface area contributed by atoms with Crippen molar-refractivity contribution in [1.29, 1.82) is 0 Å². The minimum Gasteiger partial charge on any atom is -0.326 e. The molecule has 0 radical (unpaired) electrons. The molecule has 1 aromatic rings. The van der Waals surface area contributed by atoms with E-state index in [-0.39, 0.29) is 0 Å². The zero-order chi connectivity index (χ0) is 15.0. The van der Waals surface area contributed by atoms with E-state index < -0.39 is 51.0 Å². The second-order valence-electron chi connectivity index (χ2n) is 3.43. The average molecular weight is 305 g/mol. The predicted molar refractivity (Wildman–Crippen MR) is 53.5 cm³/mol. The van der Waals surface area contributed by atoms with Crippen molar-refractivity contribution in [2.45, 2.75) is 24.0 Å². The Hall–Kier alpha value is -1.33. The number of pyridine rings is 1. The van der Waals surface area contributed by atoms with Gasteiger partial charge in [-0.1, -0.05) is 0 Å². The topological polar surface area (TPSA) is 99.1 Å². The predicted octanol–water partition coefficient (Wildman–Crippen LogP) is 1.14. The van der Waals surface area contributed by atoms with Gasteiger partial charge in [-0.25, -0.2) is 27.3 Å². The van der Waals surface area contributed by atoms with Crippen molar-refractivity contribution in [2.24, 2.45) is 10.9 Å². The highest BCUT2D eigenvalue weighted by Crippen LogP contribution is 2.35. The standard InChI is InChI=1S/C8H8F5N3O2S/c9-7(10)4-1-3(2-14)5(19(15,17)18)6(16-4)8(11,12)13/h1,7H,2,14H2,(H2,15,17,18). The number of hydrogen-bond acceptors (Lipinski definition) is 4. The van der Waals surface area contributed by atoms with Gasteiger partial charge in [0.15, 0.2) is 5.69 Å².